The zero-order valence-corrected chi connectivity index (χ0v) is 9.93. The summed E-state index contributed by atoms with van der Waals surface area (Å²) in [6.45, 7) is 2.09. The molecule has 1 saturated heterocycles. The zero-order valence-electron chi connectivity index (χ0n) is 9.93. The monoisotopic (exact) mass is 256 g/mol. The Balaban J connectivity index is 2.24. The van der Waals surface area contributed by atoms with E-state index in [1.54, 1.807) is 6.92 Å². The van der Waals surface area contributed by atoms with Gasteiger partial charge < -0.3 is 15.8 Å². The molecule has 3 N–H and O–H groups in total. The van der Waals surface area contributed by atoms with Crippen molar-refractivity contribution < 1.29 is 18.3 Å². The lowest BCUT2D eigenvalue weighted by Gasteiger charge is -2.22. The first-order chi connectivity index (χ1) is 8.44. The maximum absolute atomic E-state index is 13.5. The topological polar surface area (TPSA) is 64.4 Å². The Morgan fingerprint density at radius 3 is 2.83 bits per heavy atom. The smallest absolute Gasteiger partial charge is 0.256 e. The Kier molecular flexibility index (Phi) is 3.21. The Morgan fingerprint density at radius 1 is 1.50 bits per heavy atom. The van der Waals surface area contributed by atoms with Gasteiger partial charge in [0.15, 0.2) is 11.6 Å². The predicted molar refractivity (Wildman–Crippen MR) is 63.0 cm³/mol. The van der Waals surface area contributed by atoms with Gasteiger partial charge in [-0.1, -0.05) is 0 Å². The molecule has 1 fully saturated rings. The highest BCUT2D eigenvalue weighted by atomic mass is 19.2. The van der Waals surface area contributed by atoms with E-state index in [-0.39, 0.29) is 11.4 Å². The van der Waals surface area contributed by atoms with Gasteiger partial charge in [0.2, 0.25) is 0 Å². The fraction of sp³-hybridized carbons (Fsp3) is 0.417. The summed E-state index contributed by atoms with van der Waals surface area (Å²) >= 11 is 0. The highest BCUT2D eigenvalue weighted by Gasteiger charge is 2.38. The van der Waals surface area contributed by atoms with Crippen molar-refractivity contribution in [3.63, 3.8) is 0 Å². The summed E-state index contributed by atoms with van der Waals surface area (Å²) in [7, 11) is 0. The van der Waals surface area contributed by atoms with Crippen molar-refractivity contribution in [1.29, 1.82) is 0 Å². The molecule has 1 aliphatic rings. The summed E-state index contributed by atoms with van der Waals surface area (Å²) < 4.78 is 31.9. The third-order valence-electron chi connectivity index (χ3n) is 3.06. The lowest BCUT2D eigenvalue weighted by Crippen LogP contribution is -2.39. The second-order valence-corrected chi connectivity index (χ2v) is 4.46. The Labute approximate surface area is 103 Å². The Hall–Kier alpha value is -1.69. The number of benzene rings is 1. The highest BCUT2D eigenvalue weighted by molar-refractivity contribution is 5.99. The van der Waals surface area contributed by atoms with Crippen LogP contribution in [0.3, 0.4) is 0 Å². The molecule has 1 atom stereocenters. The van der Waals surface area contributed by atoms with Crippen LogP contribution < -0.4 is 11.1 Å². The molecule has 1 aromatic carbocycles. The number of halogens is 2. The van der Waals surface area contributed by atoms with E-state index in [9.17, 15) is 13.6 Å². The maximum atomic E-state index is 13.5. The standard InChI is InChI=1S/C12H14F2N2O2/c1-12(5-2-6-18-12)11(17)16-10-8(15)4-3-7(13)9(10)14/h3-4H,2,5-6,15H2,1H3,(H,16,17). The molecule has 0 spiro atoms. The number of carbonyl (C=O) groups is 1. The number of ether oxygens (including phenoxy) is 1. The van der Waals surface area contributed by atoms with Crippen molar-refractivity contribution in [2.24, 2.45) is 0 Å². The van der Waals surface area contributed by atoms with Crippen LogP contribution in [0.1, 0.15) is 19.8 Å². The lowest BCUT2D eigenvalue weighted by molar-refractivity contribution is -0.133. The summed E-state index contributed by atoms with van der Waals surface area (Å²) in [5.74, 6) is -2.74. The van der Waals surface area contributed by atoms with Crippen molar-refractivity contribution in [2.75, 3.05) is 17.7 Å². The van der Waals surface area contributed by atoms with Crippen molar-refractivity contribution >= 4 is 17.3 Å². The molecule has 1 amide bonds. The number of nitrogens with two attached hydrogens (primary N) is 1. The molecule has 0 radical (unpaired) electrons. The molecule has 0 aromatic heterocycles. The molecule has 0 saturated carbocycles. The third-order valence-corrected chi connectivity index (χ3v) is 3.06. The summed E-state index contributed by atoms with van der Waals surface area (Å²) in [6.07, 6.45) is 1.29. The lowest BCUT2D eigenvalue weighted by atomic mass is 10.0. The summed E-state index contributed by atoms with van der Waals surface area (Å²) in [5.41, 5.74) is 4.15. The molecule has 0 aliphatic carbocycles. The van der Waals surface area contributed by atoms with Gasteiger partial charge in [-0.05, 0) is 31.9 Å². The van der Waals surface area contributed by atoms with Crippen LogP contribution in [0.2, 0.25) is 0 Å². The van der Waals surface area contributed by atoms with Crippen LogP contribution in [0.4, 0.5) is 20.2 Å². The van der Waals surface area contributed by atoms with E-state index in [1.165, 1.54) is 6.07 Å². The second kappa shape index (κ2) is 4.53. The minimum Gasteiger partial charge on any atom is -0.397 e. The van der Waals surface area contributed by atoms with Crippen LogP contribution in [0.25, 0.3) is 0 Å². The number of hydrogen-bond acceptors (Lipinski definition) is 3. The number of hydrogen-bond donors (Lipinski definition) is 2. The SMILES string of the molecule is CC1(C(=O)Nc2c(N)ccc(F)c2F)CCCO1. The largest absolute Gasteiger partial charge is 0.397 e. The van der Waals surface area contributed by atoms with Crippen LogP contribution in [0.5, 0.6) is 0 Å². The fourth-order valence-corrected chi connectivity index (χ4v) is 1.90. The summed E-state index contributed by atoms with van der Waals surface area (Å²) in [4.78, 5) is 12.0. The Morgan fingerprint density at radius 2 is 2.22 bits per heavy atom. The number of carbonyl (C=O) groups excluding carboxylic acids is 1. The van der Waals surface area contributed by atoms with E-state index >= 15 is 0 Å². The Bertz CT molecular complexity index is 485. The number of amides is 1. The van der Waals surface area contributed by atoms with Crippen LogP contribution >= 0.6 is 0 Å². The van der Waals surface area contributed by atoms with Gasteiger partial charge in [0, 0.05) is 6.61 Å². The molecule has 18 heavy (non-hydrogen) atoms. The normalized spacial score (nSPS) is 23.1. The van der Waals surface area contributed by atoms with E-state index < -0.39 is 23.1 Å². The average Bonchev–Trinajstić information content (AvgIpc) is 2.78. The first-order valence-electron chi connectivity index (χ1n) is 5.63. The van der Waals surface area contributed by atoms with Crippen molar-refractivity contribution in [2.45, 2.75) is 25.4 Å². The second-order valence-electron chi connectivity index (χ2n) is 4.46. The van der Waals surface area contributed by atoms with Gasteiger partial charge in [-0.15, -0.1) is 0 Å². The van der Waals surface area contributed by atoms with Crippen LogP contribution in [-0.4, -0.2) is 18.1 Å². The maximum Gasteiger partial charge on any atom is 0.256 e. The van der Waals surface area contributed by atoms with Gasteiger partial charge in [0.1, 0.15) is 11.3 Å². The van der Waals surface area contributed by atoms with E-state index in [1.807, 2.05) is 0 Å². The molecular weight excluding hydrogens is 242 g/mol. The van der Waals surface area contributed by atoms with Gasteiger partial charge in [-0.2, -0.15) is 0 Å². The van der Waals surface area contributed by atoms with E-state index in [0.717, 1.165) is 12.5 Å². The molecular formula is C12H14F2N2O2. The summed E-state index contributed by atoms with van der Waals surface area (Å²) in [5, 5.41) is 2.30. The first-order valence-corrected chi connectivity index (χ1v) is 5.63. The molecule has 2 rings (SSSR count). The predicted octanol–water partition coefficient (Wildman–Crippen LogP) is 2.05. The minimum atomic E-state index is -1.16. The molecule has 98 valence electrons. The number of anilines is 2. The fourth-order valence-electron chi connectivity index (χ4n) is 1.90. The van der Waals surface area contributed by atoms with Crippen LogP contribution in [0.15, 0.2) is 12.1 Å². The van der Waals surface area contributed by atoms with E-state index in [4.69, 9.17) is 10.5 Å². The average molecular weight is 256 g/mol. The third kappa shape index (κ3) is 2.15. The number of nitrogens with one attached hydrogen (secondary N) is 1. The molecule has 1 aliphatic heterocycles. The molecule has 1 aromatic rings. The molecule has 6 heteroatoms. The first kappa shape index (κ1) is 12.8. The van der Waals surface area contributed by atoms with Gasteiger partial charge in [-0.3, -0.25) is 4.79 Å². The highest BCUT2D eigenvalue weighted by Crippen LogP contribution is 2.30. The van der Waals surface area contributed by atoms with E-state index in [2.05, 4.69) is 5.32 Å². The molecule has 1 heterocycles. The van der Waals surface area contributed by atoms with Crippen LogP contribution in [0, 0.1) is 11.6 Å². The van der Waals surface area contributed by atoms with Gasteiger partial charge in [0.25, 0.3) is 5.91 Å². The molecule has 1 unspecified atom stereocenters. The molecule has 0 bridgehead atoms. The van der Waals surface area contributed by atoms with E-state index in [0.29, 0.717) is 13.0 Å². The van der Waals surface area contributed by atoms with Crippen molar-refractivity contribution in [1.82, 2.24) is 0 Å². The number of rotatable bonds is 2. The number of nitrogen functional groups attached to an aromatic ring is 1. The quantitative estimate of drug-likeness (QED) is 0.796. The minimum absolute atomic E-state index is 0.0242. The van der Waals surface area contributed by atoms with Crippen LogP contribution in [-0.2, 0) is 9.53 Å². The van der Waals surface area contributed by atoms with Crippen molar-refractivity contribution in [3.8, 4) is 0 Å². The van der Waals surface area contributed by atoms with Gasteiger partial charge >= 0.3 is 0 Å². The molecule has 4 nitrogen and oxygen atoms in total. The van der Waals surface area contributed by atoms with Gasteiger partial charge in [0.05, 0.1) is 5.69 Å². The zero-order chi connectivity index (χ0) is 13.3. The van der Waals surface area contributed by atoms with Gasteiger partial charge in [-0.25, -0.2) is 8.78 Å². The van der Waals surface area contributed by atoms with Crippen molar-refractivity contribution in [3.05, 3.63) is 23.8 Å². The summed E-state index contributed by atoms with van der Waals surface area (Å²) in [6, 6.07) is 2.11.